The summed E-state index contributed by atoms with van der Waals surface area (Å²) in [4.78, 5) is 0. The molecule has 1 aromatic carbocycles. The minimum Gasteiger partial charge on any atom is -0.309 e. The van der Waals surface area contributed by atoms with Gasteiger partial charge in [-0.15, -0.1) is 0 Å². The summed E-state index contributed by atoms with van der Waals surface area (Å²) in [5.74, 6) is 0.988. The molecule has 1 aliphatic heterocycles. The molecule has 1 heterocycles. The third-order valence-electron chi connectivity index (χ3n) is 2.48. The summed E-state index contributed by atoms with van der Waals surface area (Å²) in [6.07, 6.45) is 1.10. The molecule has 1 N–H and O–H groups in total. The summed E-state index contributed by atoms with van der Waals surface area (Å²) in [6.45, 7) is 0.897. The molecule has 1 aliphatic rings. The van der Waals surface area contributed by atoms with E-state index in [1.165, 1.54) is 12.1 Å². The second kappa shape index (κ2) is 4.94. The molecular formula is C11H13F2NS. The highest BCUT2D eigenvalue weighted by molar-refractivity contribution is 7.99. The van der Waals surface area contributed by atoms with Gasteiger partial charge in [-0.1, -0.05) is 6.07 Å². The van der Waals surface area contributed by atoms with Crippen LogP contribution < -0.4 is 5.32 Å². The maximum Gasteiger partial charge on any atom is 0.130 e. The van der Waals surface area contributed by atoms with Crippen molar-refractivity contribution in [3.8, 4) is 0 Å². The van der Waals surface area contributed by atoms with Gasteiger partial charge in [0.05, 0.1) is 0 Å². The van der Waals surface area contributed by atoms with Gasteiger partial charge in [0.1, 0.15) is 11.6 Å². The van der Waals surface area contributed by atoms with E-state index in [1.807, 2.05) is 11.8 Å². The van der Waals surface area contributed by atoms with Crippen molar-refractivity contribution in [1.29, 1.82) is 0 Å². The lowest BCUT2D eigenvalue weighted by atomic mass is 10.1. The number of halogens is 2. The molecular weight excluding hydrogens is 216 g/mol. The van der Waals surface area contributed by atoms with Gasteiger partial charge in [0.2, 0.25) is 0 Å². The van der Waals surface area contributed by atoms with Crippen LogP contribution >= 0.6 is 11.8 Å². The van der Waals surface area contributed by atoms with Gasteiger partial charge in [0.15, 0.2) is 0 Å². The molecule has 0 radical (unpaired) electrons. The van der Waals surface area contributed by atoms with Crippen LogP contribution in [0.1, 0.15) is 18.0 Å². The normalized spacial score (nSPS) is 22.4. The Hall–Kier alpha value is -0.610. The Morgan fingerprint density at radius 2 is 2.20 bits per heavy atom. The third-order valence-corrected chi connectivity index (χ3v) is 3.63. The van der Waals surface area contributed by atoms with Crippen molar-refractivity contribution in [3.63, 3.8) is 0 Å². The van der Waals surface area contributed by atoms with Crippen LogP contribution in [0, 0.1) is 11.6 Å². The summed E-state index contributed by atoms with van der Waals surface area (Å²) in [5, 5.41) is 3.27. The quantitative estimate of drug-likeness (QED) is 0.794. The molecule has 82 valence electrons. The zero-order valence-electron chi connectivity index (χ0n) is 8.30. The number of rotatable bonds is 1. The van der Waals surface area contributed by atoms with Crippen molar-refractivity contribution in [2.45, 2.75) is 12.5 Å². The van der Waals surface area contributed by atoms with E-state index in [1.54, 1.807) is 0 Å². The predicted molar refractivity (Wildman–Crippen MR) is 59.0 cm³/mol. The fourth-order valence-electron chi connectivity index (χ4n) is 1.69. The first kappa shape index (κ1) is 10.9. The van der Waals surface area contributed by atoms with Gasteiger partial charge >= 0.3 is 0 Å². The fourth-order valence-corrected chi connectivity index (χ4v) is 2.74. The number of nitrogens with one attached hydrogen (secondary N) is 1. The van der Waals surface area contributed by atoms with Crippen LogP contribution in [0.25, 0.3) is 0 Å². The fraction of sp³-hybridized carbons (Fsp3) is 0.455. The maximum absolute atomic E-state index is 13.5. The Kier molecular flexibility index (Phi) is 3.59. The average Bonchev–Trinajstić information content (AvgIpc) is 2.46. The van der Waals surface area contributed by atoms with E-state index in [4.69, 9.17) is 0 Å². The standard InChI is InChI=1S/C11H13F2NS/c12-8-2-3-9(10(13)6-8)11-7-15-5-1-4-14-11/h2-3,6,11,14H,1,4-5,7H2. The zero-order valence-corrected chi connectivity index (χ0v) is 9.12. The molecule has 1 saturated heterocycles. The Labute approximate surface area is 92.3 Å². The molecule has 0 aromatic heterocycles. The van der Waals surface area contributed by atoms with Crippen LogP contribution in [0.5, 0.6) is 0 Å². The summed E-state index contributed by atoms with van der Waals surface area (Å²) >= 11 is 1.81. The monoisotopic (exact) mass is 229 g/mol. The molecule has 0 spiro atoms. The molecule has 2 rings (SSSR count). The highest BCUT2D eigenvalue weighted by atomic mass is 32.2. The second-order valence-electron chi connectivity index (χ2n) is 3.60. The van der Waals surface area contributed by atoms with E-state index in [0.717, 1.165) is 30.5 Å². The van der Waals surface area contributed by atoms with Crippen molar-refractivity contribution in [3.05, 3.63) is 35.4 Å². The van der Waals surface area contributed by atoms with Crippen LogP contribution in [0.3, 0.4) is 0 Å². The predicted octanol–water partition coefficient (Wildman–Crippen LogP) is 2.73. The molecule has 1 unspecified atom stereocenters. The molecule has 0 bridgehead atoms. The van der Waals surface area contributed by atoms with E-state index >= 15 is 0 Å². The molecule has 0 saturated carbocycles. The Bertz CT molecular complexity index is 335. The topological polar surface area (TPSA) is 12.0 Å². The molecule has 0 aliphatic carbocycles. The smallest absolute Gasteiger partial charge is 0.130 e. The maximum atomic E-state index is 13.5. The minimum atomic E-state index is -0.516. The first-order chi connectivity index (χ1) is 7.27. The van der Waals surface area contributed by atoms with Gasteiger partial charge in [-0.05, 0) is 24.8 Å². The van der Waals surface area contributed by atoms with Crippen molar-refractivity contribution in [2.24, 2.45) is 0 Å². The van der Waals surface area contributed by atoms with E-state index in [2.05, 4.69) is 5.32 Å². The van der Waals surface area contributed by atoms with Crippen molar-refractivity contribution >= 4 is 11.8 Å². The van der Waals surface area contributed by atoms with Crippen LogP contribution in [-0.4, -0.2) is 18.1 Å². The first-order valence-corrected chi connectivity index (χ1v) is 6.19. The first-order valence-electron chi connectivity index (χ1n) is 5.03. The van der Waals surface area contributed by atoms with E-state index in [-0.39, 0.29) is 6.04 Å². The number of hydrogen-bond donors (Lipinski definition) is 1. The summed E-state index contributed by atoms with van der Waals surface area (Å²) < 4.78 is 26.2. The summed E-state index contributed by atoms with van der Waals surface area (Å²) in [7, 11) is 0. The summed E-state index contributed by atoms with van der Waals surface area (Å²) in [6, 6.07) is 3.81. The number of thioether (sulfide) groups is 1. The molecule has 0 amide bonds. The molecule has 4 heteroatoms. The minimum absolute atomic E-state index is 0.0121. The van der Waals surface area contributed by atoms with Crippen molar-refractivity contribution in [2.75, 3.05) is 18.1 Å². The Morgan fingerprint density at radius 3 is 3.00 bits per heavy atom. The second-order valence-corrected chi connectivity index (χ2v) is 4.75. The average molecular weight is 229 g/mol. The van der Waals surface area contributed by atoms with E-state index in [0.29, 0.717) is 5.56 Å². The van der Waals surface area contributed by atoms with Crippen LogP contribution in [-0.2, 0) is 0 Å². The van der Waals surface area contributed by atoms with Gasteiger partial charge in [0.25, 0.3) is 0 Å². The molecule has 15 heavy (non-hydrogen) atoms. The van der Waals surface area contributed by atoms with Crippen LogP contribution in [0.15, 0.2) is 18.2 Å². The molecule has 1 atom stereocenters. The molecule has 1 nitrogen and oxygen atoms in total. The van der Waals surface area contributed by atoms with Crippen molar-refractivity contribution < 1.29 is 8.78 Å². The Morgan fingerprint density at radius 1 is 1.33 bits per heavy atom. The van der Waals surface area contributed by atoms with Gasteiger partial charge in [0, 0.05) is 23.4 Å². The lowest BCUT2D eigenvalue weighted by Crippen LogP contribution is -2.23. The largest absolute Gasteiger partial charge is 0.309 e. The highest BCUT2D eigenvalue weighted by Crippen LogP contribution is 2.24. The van der Waals surface area contributed by atoms with Crippen molar-refractivity contribution in [1.82, 2.24) is 5.32 Å². The third kappa shape index (κ3) is 2.69. The SMILES string of the molecule is Fc1ccc(C2CSCCCN2)c(F)c1. The lowest BCUT2D eigenvalue weighted by molar-refractivity contribution is 0.526. The van der Waals surface area contributed by atoms with Gasteiger partial charge in [-0.3, -0.25) is 0 Å². The number of benzene rings is 1. The van der Waals surface area contributed by atoms with Gasteiger partial charge < -0.3 is 5.32 Å². The summed E-state index contributed by atoms with van der Waals surface area (Å²) in [5.41, 5.74) is 0.575. The Balaban J connectivity index is 2.19. The molecule has 1 fully saturated rings. The van der Waals surface area contributed by atoms with E-state index in [9.17, 15) is 8.78 Å². The van der Waals surface area contributed by atoms with Gasteiger partial charge in [-0.2, -0.15) is 11.8 Å². The highest BCUT2D eigenvalue weighted by Gasteiger charge is 2.17. The molecule has 1 aromatic rings. The van der Waals surface area contributed by atoms with E-state index < -0.39 is 11.6 Å². The van der Waals surface area contributed by atoms with Gasteiger partial charge in [-0.25, -0.2) is 8.78 Å². The zero-order chi connectivity index (χ0) is 10.7. The number of hydrogen-bond acceptors (Lipinski definition) is 2. The van der Waals surface area contributed by atoms with Crippen LogP contribution in [0.4, 0.5) is 8.78 Å². The lowest BCUT2D eigenvalue weighted by Gasteiger charge is -2.16. The van der Waals surface area contributed by atoms with Crippen LogP contribution in [0.2, 0.25) is 0 Å².